The molecule has 2 aromatic carbocycles. The van der Waals surface area contributed by atoms with Gasteiger partial charge in [-0.2, -0.15) is 0 Å². The number of carbonyl (C=O) groups is 2. The van der Waals surface area contributed by atoms with Crippen molar-refractivity contribution in [3.05, 3.63) is 108 Å². The van der Waals surface area contributed by atoms with Gasteiger partial charge in [0.25, 0.3) is 11.8 Å². The van der Waals surface area contributed by atoms with Crippen molar-refractivity contribution in [3.63, 3.8) is 0 Å². The topological polar surface area (TPSA) is 202 Å². The van der Waals surface area contributed by atoms with E-state index in [4.69, 9.17) is 11.5 Å². The highest BCUT2D eigenvalue weighted by Crippen LogP contribution is 2.29. The van der Waals surface area contributed by atoms with Gasteiger partial charge in [-0.1, -0.05) is 24.3 Å². The molecule has 52 heavy (non-hydrogen) atoms. The lowest BCUT2D eigenvalue weighted by molar-refractivity contribution is 0.0553. The predicted octanol–water partition coefficient (Wildman–Crippen LogP) is 4.54. The molecule has 0 bridgehead atoms. The number of hydrogen-bond acceptors (Lipinski definition) is 10. The molecule has 0 radical (unpaired) electrons. The maximum absolute atomic E-state index is 13.5. The second-order valence-corrected chi connectivity index (χ2v) is 12.9. The third kappa shape index (κ3) is 7.20. The van der Waals surface area contributed by atoms with Crippen LogP contribution in [0.5, 0.6) is 0 Å². The van der Waals surface area contributed by atoms with Gasteiger partial charge in [0.15, 0.2) is 0 Å². The molecule has 0 saturated heterocycles. The largest absolute Gasteiger partial charge is 0.393 e. The highest BCUT2D eigenvalue weighted by atomic mass is 19.1. The van der Waals surface area contributed by atoms with Gasteiger partial charge in [0.2, 0.25) is 0 Å². The molecule has 2 amide bonds. The fraction of sp³-hybridized carbons (Fsp3) is 0.211. The molecule has 2 aliphatic rings. The molecular formula is C38H34F2N8O4. The van der Waals surface area contributed by atoms with Crippen molar-refractivity contribution in [2.24, 2.45) is 0 Å². The average Bonchev–Trinajstić information content (AvgIpc) is 3.10. The molecule has 12 nitrogen and oxygen atoms in total. The highest BCUT2D eigenvalue weighted by Gasteiger charge is 2.30. The summed E-state index contributed by atoms with van der Waals surface area (Å²) in [6, 6.07) is 19.1. The first kappa shape index (κ1) is 34.3. The zero-order valence-electron chi connectivity index (χ0n) is 27.6. The Morgan fingerprint density at radius 1 is 0.635 bits per heavy atom. The van der Waals surface area contributed by atoms with Crippen molar-refractivity contribution in [3.8, 4) is 22.5 Å². The lowest BCUT2D eigenvalue weighted by Gasteiger charge is -2.32. The van der Waals surface area contributed by atoms with E-state index in [0.717, 1.165) is 0 Å². The summed E-state index contributed by atoms with van der Waals surface area (Å²) in [4.78, 5) is 42.2. The molecule has 0 unspecified atom stereocenters. The number of amides is 2. The number of nitrogens with zero attached hydrogens (tertiary/aromatic N) is 4. The molecule has 14 heteroatoms. The number of pyridine rings is 4. The second kappa shape index (κ2) is 14.2. The van der Waals surface area contributed by atoms with Gasteiger partial charge in [0.05, 0.1) is 34.7 Å². The Kier molecular flexibility index (Phi) is 9.41. The number of aliphatic hydroxyl groups is 2. The van der Waals surface area contributed by atoms with E-state index in [2.05, 4.69) is 30.6 Å². The van der Waals surface area contributed by atoms with Gasteiger partial charge in [0, 0.05) is 46.4 Å². The average molecular weight is 705 g/mol. The quantitative estimate of drug-likeness (QED) is 0.143. The van der Waals surface area contributed by atoms with Crippen LogP contribution in [-0.2, 0) is 0 Å². The Morgan fingerprint density at radius 2 is 1.04 bits per heavy atom. The minimum absolute atomic E-state index is 0.0374. The van der Waals surface area contributed by atoms with Crippen LogP contribution in [-0.4, -0.2) is 66.3 Å². The first-order chi connectivity index (χ1) is 25.0. The number of aromatic nitrogens is 4. The van der Waals surface area contributed by atoms with E-state index in [0.29, 0.717) is 81.1 Å². The van der Waals surface area contributed by atoms with Crippen LogP contribution in [0.1, 0.15) is 46.4 Å². The minimum atomic E-state index is -0.355. The Bertz CT molecular complexity index is 2170. The number of benzene rings is 2. The van der Waals surface area contributed by atoms with E-state index in [1.807, 2.05) is 0 Å². The number of rotatable bonds is 6. The lowest BCUT2D eigenvalue weighted by atomic mass is 9.89. The van der Waals surface area contributed by atoms with Crippen LogP contribution in [0.2, 0.25) is 0 Å². The van der Waals surface area contributed by atoms with Gasteiger partial charge in [0.1, 0.15) is 34.3 Å². The lowest BCUT2D eigenvalue weighted by Crippen LogP contribution is -2.46. The molecule has 0 atom stereocenters. The molecule has 0 spiro atoms. The third-order valence-electron chi connectivity index (χ3n) is 9.15. The Morgan fingerprint density at radius 3 is 1.40 bits per heavy atom. The molecule has 8 rings (SSSR count). The van der Waals surface area contributed by atoms with E-state index >= 15 is 0 Å². The van der Waals surface area contributed by atoms with E-state index in [-0.39, 0.29) is 59.4 Å². The number of fused-ring (bicyclic) bond motifs is 2. The SMILES string of the molecule is Nc1ncc(C(=O)NC2CC(O)C2)c2ccc(-c3cccc(F)c3)nc12.Nc1ncc(C(=O)NC2CC(O)C2)c2ccc(-c3cccc(F)c3)nc12. The summed E-state index contributed by atoms with van der Waals surface area (Å²) in [5.41, 5.74) is 15.7. The number of nitrogens with two attached hydrogens (primary N) is 2. The van der Waals surface area contributed by atoms with Crippen LogP contribution in [0.3, 0.4) is 0 Å². The maximum atomic E-state index is 13.5. The molecule has 8 N–H and O–H groups in total. The molecule has 4 aromatic heterocycles. The van der Waals surface area contributed by atoms with Crippen LogP contribution in [0.15, 0.2) is 85.2 Å². The van der Waals surface area contributed by atoms with Gasteiger partial charge in [-0.15, -0.1) is 0 Å². The van der Waals surface area contributed by atoms with Crippen molar-refractivity contribution in [1.82, 2.24) is 30.6 Å². The number of carbonyl (C=O) groups excluding carboxylic acids is 2. The van der Waals surface area contributed by atoms with E-state index in [1.54, 1.807) is 48.5 Å². The normalized spacial score (nSPS) is 19.2. The van der Waals surface area contributed by atoms with E-state index in [9.17, 15) is 28.6 Å². The van der Waals surface area contributed by atoms with Crippen LogP contribution in [0.4, 0.5) is 20.4 Å². The number of anilines is 2. The zero-order chi connectivity index (χ0) is 36.5. The number of aliphatic hydroxyl groups excluding tert-OH is 2. The summed E-state index contributed by atoms with van der Waals surface area (Å²) in [5, 5.41) is 25.6. The van der Waals surface area contributed by atoms with Gasteiger partial charge in [-0.25, -0.2) is 28.7 Å². The maximum Gasteiger partial charge on any atom is 0.253 e. The first-order valence-corrected chi connectivity index (χ1v) is 16.6. The van der Waals surface area contributed by atoms with Gasteiger partial charge in [-0.3, -0.25) is 9.59 Å². The van der Waals surface area contributed by atoms with Crippen molar-refractivity contribution in [1.29, 1.82) is 0 Å². The fourth-order valence-electron chi connectivity index (χ4n) is 6.19. The Balaban J connectivity index is 0.000000162. The van der Waals surface area contributed by atoms with Crippen LogP contribution in [0, 0.1) is 11.6 Å². The van der Waals surface area contributed by atoms with Crippen molar-refractivity contribution in [2.75, 3.05) is 11.5 Å². The smallest absolute Gasteiger partial charge is 0.253 e. The summed E-state index contributed by atoms with van der Waals surface area (Å²) in [6.45, 7) is 0. The molecule has 6 aromatic rings. The summed E-state index contributed by atoms with van der Waals surface area (Å²) >= 11 is 0. The van der Waals surface area contributed by atoms with Crippen LogP contribution in [0.25, 0.3) is 44.3 Å². The molecule has 0 aliphatic heterocycles. The first-order valence-electron chi connectivity index (χ1n) is 16.6. The minimum Gasteiger partial charge on any atom is -0.393 e. The standard InChI is InChI=1S/2C19H17FN4O2/c2*20-11-3-1-2-10(6-11)16-5-4-14-15(9-22-18(21)17(14)24-16)19(26)23-12-7-13(25)8-12/h2*1-6,9,12-13,25H,7-8H2,(H2,21,22)(H,23,26). The monoisotopic (exact) mass is 704 g/mol. The Labute approximate surface area is 296 Å². The van der Waals surface area contributed by atoms with Gasteiger partial charge >= 0.3 is 0 Å². The molecule has 4 heterocycles. The number of nitrogen functional groups attached to an aromatic ring is 2. The molecule has 2 fully saturated rings. The van der Waals surface area contributed by atoms with Crippen molar-refractivity contribution in [2.45, 2.75) is 50.0 Å². The summed E-state index contributed by atoms with van der Waals surface area (Å²) in [5.74, 6) is -0.861. The van der Waals surface area contributed by atoms with Gasteiger partial charge < -0.3 is 32.3 Å². The summed E-state index contributed by atoms with van der Waals surface area (Å²) in [6.07, 6.45) is 4.34. The zero-order valence-corrected chi connectivity index (χ0v) is 27.6. The predicted molar refractivity (Wildman–Crippen MR) is 192 cm³/mol. The second-order valence-electron chi connectivity index (χ2n) is 12.9. The highest BCUT2D eigenvalue weighted by molar-refractivity contribution is 6.09. The van der Waals surface area contributed by atoms with Crippen LogP contribution < -0.4 is 22.1 Å². The third-order valence-corrected chi connectivity index (χ3v) is 9.15. The number of hydrogen-bond donors (Lipinski definition) is 6. The molecule has 264 valence electrons. The Hall–Kier alpha value is -6.12. The number of halogens is 2. The van der Waals surface area contributed by atoms with Crippen LogP contribution >= 0.6 is 0 Å². The van der Waals surface area contributed by atoms with Crippen molar-refractivity contribution >= 4 is 45.3 Å². The summed E-state index contributed by atoms with van der Waals surface area (Å²) < 4.78 is 26.9. The summed E-state index contributed by atoms with van der Waals surface area (Å²) in [7, 11) is 0. The van der Waals surface area contributed by atoms with Gasteiger partial charge in [-0.05, 0) is 74.2 Å². The number of nitrogens with one attached hydrogen (secondary N) is 2. The van der Waals surface area contributed by atoms with Crippen molar-refractivity contribution < 1.29 is 28.6 Å². The molecule has 2 saturated carbocycles. The molecule has 2 aliphatic carbocycles. The van der Waals surface area contributed by atoms with E-state index in [1.165, 1.54) is 36.7 Å². The molecular weight excluding hydrogens is 670 g/mol. The van der Waals surface area contributed by atoms with E-state index < -0.39 is 0 Å². The fourth-order valence-corrected chi connectivity index (χ4v) is 6.19.